The molecule has 2 aromatic rings. The molecule has 0 atom stereocenters. The van der Waals surface area contributed by atoms with Crippen molar-refractivity contribution in [2.45, 2.75) is 23.3 Å². The number of fused-ring (bicyclic) bond motifs is 1. The van der Waals surface area contributed by atoms with Crippen molar-refractivity contribution in [3.63, 3.8) is 0 Å². The number of rotatable bonds is 4. The van der Waals surface area contributed by atoms with E-state index in [2.05, 4.69) is 4.72 Å². The van der Waals surface area contributed by atoms with Gasteiger partial charge in [0.25, 0.3) is 0 Å². The predicted molar refractivity (Wildman–Crippen MR) is 93.5 cm³/mol. The van der Waals surface area contributed by atoms with Crippen LogP contribution < -0.4 is 9.62 Å². The van der Waals surface area contributed by atoms with Crippen LogP contribution in [0.25, 0.3) is 0 Å². The molecule has 1 aromatic heterocycles. The van der Waals surface area contributed by atoms with Gasteiger partial charge in [0, 0.05) is 35.5 Å². The van der Waals surface area contributed by atoms with Gasteiger partial charge in [0.1, 0.15) is 0 Å². The fraction of sp³-hybridized carbons (Fsp3) is 0.267. The normalized spacial score (nSPS) is 14.6. The van der Waals surface area contributed by atoms with Crippen LogP contribution in [0, 0.1) is 0 Å². The summed E-state index contributed by atoms with van der Waals surface area (Å²) in [4.78, 5) is 15.5. The molecule has 1 N–H and O–H groups in total. The fourth-order valence-corrected chi connectivity index (χ4v) is 5.09. The Kier molecular flexibility index (Phi) is 4.77. The zero-order valence-corrected chi connectivity index (χ0v) is 14.9. The fourth-order valence-electron chi connectivity index (χ4n) is 2.35. The van der Waals surface area contributed by atoms with Gasteiger partial charge in [-0.3, -0.25) is 4.79 Å². The van der Waals surface area contributed by atoms with Crippen molar-refractivity contribution in [3.05, 3.63) is 40.6 Å². The Morgan fingerprint density at radius 1 is 1.35 bits per heavy atom. The van der Waals surface area contributed by atoms with Gasteiger partial charge in [-0.05, 0) is 29.6 Å². The molecule has 23 heavy (non-hydrogen) atoms. The number of thiophene rings is 1. The van der Waals surface area contributed by atoms with Crippen LogP contribution in [-0.2, 0) is 21.4 Å². The molecular weight excluding hydrogens is 352 g/mol. The van der Waals surface area contributed by atoms with Gasteiger partial charge in [0.2, 0.25) is 15.9 Å². The highest BCUT2D eigenvalue weighted by molar-refractivity contribution is 7.99. The first-order valence-corrected chi connectivity index (χ1v) is 10.4. The Balaban J connectivity index is 1.88. The van der Waals surface area contributed by atoms with Crippen molar-refractivity contribution in [1.29, 1.82) is 0 Å². The summed E-state index contributed by atoms with van der Waals surface area (Å²) in [7, 11) is -3.61. The van der Waals surface area contributed by atoms with Gasteiger partial charge in [0.05, 0.1) is 10.6 Å². The van der Waals surface area contributed by atoms with Crippen LogP contribution in [-0.4, -0.2) is 26.6 Å². The molecule has 8 heteroatoms. The summed E-state index contributed by atoms with van der Waals surface area (Å²) in [5.74, 6) is 0.739. The molecule has 1 amide bonds. The number of carbonyl (C=O) groups excluding carboxylic acids is 1. The van der Waals surface area contributed by atoms with E-state index in [4.69, 9.17) is 0 Å². The van der Waals surface area contributed by atoms with Crippen molar-refractivity contribution < 1.29 is 13.2 Å². The maximum Gasteiger partial charge on any atom is 0.240 e. The summed E-state index contributed by atoms with van der Waals surface area (Å²) in [6.07, 6.45) is 0. The lowest BCUT2D eigenvalue weighted by molar-refractivity contribution is -0.116. The molecule has 0 unspecified atom stereocenters. The van der Waals surface area contributed by atoms with E-state index in [1.54, 1.807) is 34.9 Å². The summed E-state index contributed by atoms with van der Waals surface area (Å²) in [5, 5.41) is 1.91. The van der Waals surface area contributed by atoms with E-state index in [0.717, 1.165) is 15.5 Å². The first kappa shape index (κ1) is 16.5. The Bertz CT molecular complexity index is 816. The van der Waals surface area contributed by atoms with Crippen molar-refractivity contribution >= 4 is 44.7 Å². The first-order chi connectivity index (χ1) is 11.0. The largest absolute Gasteiger partial charge is 0.311 e. The number of carbonyl (C=O) groups is 1. The monoisotopic (exact) mass is 368 g/mol. The molecule has 0 aliphatic carbocycles. The van der Waals surface area contributed by atoms with E-state index >= 15 is 0 Å². The van der Waals surface area contributed by atoms with E-state index in [-0.39, 0.29) is 17.3 Å². The number of hydrogen-bond donors (Lipinski definition) is 1. The lowest BCUT2D eigenvalue weighted by Crippen LogP contribution is -2.33. The molecule has 0 spiro atoms. The standard InChI is InChI=1S/C15H16N2O3S3/c1-11(18)17-6-8-22-15-5-4-13(9-14(15)17)23(19,20)16-10-12-3-2-7-21-12/h2-5,7,9,16H,6,8,10H2,1H3. The number of anilines is 1. The third-order valence-corrected chi connectivity index (χ3v) is 6.82. The Morgan fingerprint density at radius 2 is 2.17 bits per heavy atom. The van der Waals surface area contributed by atoms with Crippen molar-refractivity contribution in [2.24, 2.45) is 0 Å². The number of amides is 1. The molecule has 0 saturated heterocycles. The lowest BCUT2D eigenvalue weighted by atomic mass is 10.2. The van der Waals surface area contributed by atoms with Crippen LogP contribution in [0.5, 0.6) is 0 Å². The van der Waals surface area contributed by atoms with Gasteiger partial charge in [-0.25, -0.2) is 13.1 Å². The van der Waals surface area contributed by atoms with Gasteiger partial charge in [-0.1, -0.05) is 6.07 Å². The molecule has 1 aromatic carbocycles. The third kappa shape index (κ3) is 3.60. The zero-order valence-electron chi connectivity index (χ0n) is 12.5. The van der Waals surface area contributed by atoms with Crippen LogP contribution in [0.4, 0.5) is 5.69 Å². The molecule has 0 saturated carbocycles. The molecule has 1 aliphatic heterocycles. The Morgan fingerprint density at radius 3 is 2.87 bits per heavy atom. The number of benzene rings is 1. The van der Waals surface area contributed by atoms with Crippen LogP contribution in [0.3, 0.4) is 0 Å². The average Bonchev–Trinajstić information content (AvgIpc) is 3.05. The van der Waals surface area contributed by atoms with Gasteiger partial charge in [-0.2, -0.15) is 0 Å². The van der Waals surface area contributed by atoms with E-state index in [1.807, 2.05) is 17.5 Å². The quantitative estimate of drug-likeness (QED) is 0.901. The summed E-state index contributed by atoms with van der Waals surface area (Å²) < 4.78 is 27.5. The van der Waals surface area contributed by atoms with Gasteiger partial charge in [0.15, 0.2) is 0 Å². The molecule has 0 radical (unpaired) electrons. The summed E-state index contributed by atoms with van der Waals surface area (Å²) >= 11 is 3.14. The van der Waals surface area contributed by atoms with Gasteiger partial charge >= 0.3 is 0 Å². The van der Waals surface area contributed by atoms with Crippen molar-refractivity contribution in [2.75, 3.05) is 17.2 Å². The highest BCUT2D eigenvalue weighted by Gasteiger charge is 2.23. The van der Waals surface area contributed by atoms with Crippen LogP contribution in [0.2, 0.25) is 0 Å². The summed E-state index contributed by atoms with van der Waals surface area (Å²) in [5.41, 5.74) is 0.674. The number of nitrogens with zero attached hydrogens (tertiary/aromatic N) is 1. The minimum Gasteiger partial charge on any atom is -0.311 e. The molecule has 1 aliphatic rings. The molecule has 5 nitrogen and oxygen atoms in total. The van der Waals surface area contributed by atoms with E-state index < -0.39 is 10.0 Å². The smallest absolute Gasteiger partial charge is 0.240 e. The molecule has 122 valence electrons. The zero-order chi connectivity index (χ0) is 16.4. The van der Waals surface area contributed by atoms with Gasteiger partial charge < -0.3 is 4.90 Å². The first-order valence-electron chi connectivity index (χ1n) is 7.04. The van der Waals surface area contributed by atoms with Crippen LogP contribution in [0.1, 0.15) is 11.8 Å². The SMILES string of the molecule is CC(=O)N1CCSc2ccc(S(=O)(=O)NCc3cccs3)cc21. The molecule has 0 bridgehead atoms. The Hall–Kier alpha value is -1.35. The lowest BCUT2D eigenvalue weighted by Gasteiger charge is -2.28. The van der Waals surface area contributed by atoms with E-state index in [1.165, 1.54) is 18.3 Å². The molecule has 3 rings (SSSR count). The van der Waals surface area contributed by atoms with Crippen molar-refractivity contribution in [1.82, 2.24) is 4.72 Å². The second-order valence-electron chi connectivity index (χ2n) is 5.05. The summed E-state index contributed by atoms with van der Waals surface area (Å²) in [6.45, 7) is 2.36. The highest BCUT2D eigenvalue weighted by Crippen LogP contribution is 2.36. The van der Waals surface area contributed by atoms with Crippen LogP contribution in [0.15, 0.2) is 45.5 Å². The van der Waals surface area contributed by atoms with Crippen LogP contribution >= 0.6 is 23.1 Å². The third-order valence-electron chi connectivity index (χ3n) is 3.50. The highest BCUT2D eigenvalue weighted by atomic mass is 32.2. The second-order valence-corrected chi connectivity index (χ2v) is 8.99. The minimum absolute atomic E-state index is 0.0763. The molecule has 0 fully saturated rings. The number of nitrogens with one attached hydrogen (secondary N) is 1. The predicted octanol–water partition coefficient (Wildman–Crippen LogP) is 2.69. The van der Waals surface area contributed by atoms with Gasteiger partial charge in [-0.15, -0.1) is 23.1 Å². The second kappa shape index (κ2) is 6.64. The summed E-state index contributed by atoms with van der Waals surface area (Å²) in [6, 6.07) is 8.71. The number of hydrogen-bond acceptors (Lipinski definition) is 5. The number of thioether (sulfide) groups is 1. The average molecular weight is 369 g/mol. The molecular formula is C15H16N2O3S3. The maximum atomic E-state index is 12.5. The minimum atomic E-state index is -3.61. The molecule has 2 heterocycles. The van der Waals surface area contributed by atoms with E-state index in [9.17, 15) is 13.2 Å². The number of sulfonamides is 1. The Labute approximate surface area is 143 Å². The van der Waals surface area contributed by atoms with Crippen molar-refractivity contribution in [3.8, 4) is 0 Å². The van der Waals surface area contributed by atoms with E-state index in [0.29, 0.717) is 12.2 Å². The maximum absolute atomic E-state index is 12.5. The topological polar surface area (TPSA) is 66.5 Å².